The third kappa shape index (κ3) is 2.85. The Bertz CT molecular complexity index is 528. The highest BCUT2D eigenvalue weighted by Crippen LogP contribution is 2.24. The van der Waals surface area contributed by atoms with Gasteiger partial charge in [0.15, 0.2) is 0 Å². The Balaban J connectivity index is 2.22. The van der Waals surface area contributed by atoms with Crippen LogP contribution in [0.5, 0.6) is 0 Å². The Morgan fingerprint density at radius 3 is 2.95 bits per heavy atom. The highest BCUT2D eigenvalue weighted by Gasteiger charge is 2.30. The van der Waals surface area contributed by atoms with Crippen molar-refractivity contribution in [1.82, 2.24) is 4.90 Å². The van der Waals surface area contributed by atoms with E-state index in [0.29, 0.717) is 29.7 Å². The Kier molecular flexibility index (Phi) is 4.75. The van der Waals surface area contributed by atoms with Crippen molar-refractivity contribution < 1.29 is 14.4 Å². The van der Waals surface area contributed by atoms with E-state index in [1.807, 2.05) is 6.92 Å². The number of carbonyl (C=O) groups is 1. The lowest BCUT2D eigenvalue weighted by molar-refractivity contribution is 0.0723. The second-order valence-electron chi connectivity index (χ2n) is 4.79. The minimum atomic E-state index is -0.529. The molecule has 1 aromatic rings. The van der Waals surface area contributed by atoms with Gasteiger partial charge in [-0.05, 0) is 34.5 Å². The second-order valence-corrected chi connectivity index (χ2v) is 5.65. The predicted octanol–water partition coefficient (Wildman–Crippen LogP) is 3.29. The molecule has 1 aliphatic rings. The SMILES string of the molecule is CCC1CN(C(=O)c2c(F)cccc2Br)CC/C1=N\O. The highest BCUT2D eigenvalue weighted by molar-refractivity contribution is 9.10. The van der Waals surface area contributed by atoms with Crippen molar-refractivity contribution in [1.29, 1.82) is 0 Å². The van der Waals surface area contributed by atoms with E-state index in [4.69, 9.17) is 5.21 Å². The van der Waals surface area contributed by atoms with E-state index in [1.54, 1.807) is 17.0 Å². The normalized spacial score (nSPS) is 21.2. The number of halogens is 2. The first-order valence-electron chi connectivity index (χ1n) is 6.52. The molecule has 1 saturated heterocycles. The Labute approximate surface area is 125 Å². The fourth-order valence-corrected chi connectivity index (χ4v) is 2.97. The number of nitrogens with zero attached hydrogens (tertiary/aromatic N) is 2. The molecule has 20 heavy (non-hydrogen) atoms. The van der Waals surface area contributed by atoms with Gasteiger partial charge in [-0.3, -0.25) is 4.79 Å². The van der Waals surface area contributed by atoms with Crippen molar-refractivity contribution in [3.8, 4) is 0 Å². The molecule has 0 radical (unpaired) electrons. The van der Waals surface area contributed by atoms with E-state index in [1.165, 1.54) is 6.07 Å². The third-order valence-electron chi connectivity index (χ3n) is 3.63. The molecular weight excluding hydrogens is 327 g/mol. The molecular formula is C14H16BrFN2O2. The second kappa shape index (κ2) is 6.35. The molecule has 1 atom stereocenters. The van der Waals surface area contributed by atoms with Crippen molar-refractivity contribution in [2.24, 2.45) is 11.1 Å². The van der Waals surface area contributed by atoms with Crippen molar-refractivity contribution in [2.75, 3.05) is 13.1 Å². The summed E-state index contributed by atoms with van der Waals surface area (Å²) < 4.78 is 14.3. The van der Waals surface area contributed by atoms with Crippen molar-refractivity contribution in [3.63, 3.8) is 0 Å². The fourth-order valence-electron chi connectivity index (χ4n) is 2.46. The van der Waals surface area contributed by atoms with E-state index >= 15 is 0 Å². The third-order valence-corrected chi connectivity index (χ3v) is 4.30. The number of amides is 1. The van der Waals surface area contributed by atoms with E-state index < -0.39 is 5.82 Å². The summed E-state index contributed by atoms with van der Waals surface area (Å²) in [6.45, 7) is 2.87. The van der Waals surface area contributed by atoms with E-state index in [0.717, 1.165) is 6.42 Å². The van der Waals surface area contributed by atoms with Gasteiger partial charge < -0.3 is 10.1 Å². The minimum absolute atomic E-state index is 0.0308. The first-order chi connectivity index (χ1) is 9.58. The Morgan fingerprint density at radius 1 is 1.60 bits per heavy atom. The van der Waals surface area contributed by atoms with Crippen LogP contribution in [0.1, 0.15) is 30.1 Å². The molecule has 0 saturated carbocycles. The average molecular weight is 343 g/mol. The lowest BCUT2D eigenvalue weighted by atomic mass is 9.93. The Hall–Kier alpha value is -1.43. The van der Waals surface area contributed by atoms with Gasteiger partial charge in [-0.15, -0.1) is 0 Å². The maximum atomic E-state index is 13.8. The zero-order valence-electron chi connectivity index (χ0n) is 11.1. The number of carbonyl (C=O) groups excluding carboxylic acids is 1. The number of hydrogen-bond acceptors (Lipinski definition) is 3. The van der Waals surface area contributed by atoms with Gasteiger partial charge in [0.1, 0.15) is 5.82 Å². The maximum Gasteiger partial charge on any atom is 0.258 e. The van der Waals surface area contributed by atoms with Gasteiger partial charge in [-0.25, -0.2) is 4.39 Å². The molecule has 0 aliphatic carbocycles. The molecule has 1 aliphatic heterocycles. The summed E-state index contributed by atoms with van der Waals surface area (Å²) in [6.07, 6.45) is 1.30. The summed E-state index contributed by atoms with van der Waals surface area (Å²) in [5, 5.41) is 12.2. The van der Waals surface area contributed by atoms with Crippen LogP contribution < -0.4 is 0 Å². The highest BCUT2D eigenvalue weighted by atomic mass is 79.9. The van der Waals surface area contributed by atoms with E-state index in [2.05, 4.69) is 21.1 Å². The summed E-state index contributed by atoms with van der Waals surface area (Å²) >= 11 is 3.22. The van der Waals surface area contributed by atoms with Crippen molar-refractivity contribution in [3.05, 3.63) is 34.1 Å². The summed E-state index contributed by atoms with van der Waals surface area (Å²) in [5.41, 5.74) is 0.774. The van der Waals surface area contributed by atoms with Crippen LogP contribution >= 0.6 is 15.9 Å². The average Bonchev–Trinajstić information content (AvgIpc) is 2.46. The van der Waals surface area contributed by atoms with Crippen LogP contribution in [0.15, 0.2) is 27.8 Å². The minimum Gasteiger partial charge on any atom is -0.411 e. The molecule has 108 valence electrons. The maximum absolute atomic E-state index is 13.8. The molecule has 6 heteroatoms. The molecule has 1 amide bonds. The Morgan fingerprint density at radius 2 is 2.35 bits per heavy atom. The summed E-state index contributed by atoms with van der Waals surface area (Å²) in [6, 6.07) is 4.48. The topological polar surface area (TPSA) is 52.9 Å². The van der Waals surface area contributed by atoms with Gasteiger partial charge >= 0.3 is 0 Å². The van der Waals surface area contributed by atoms with Crippen LogP contribution in [0.4, 0.5) is 4.39 Å². The van der Waals surface area contributed by atoms with Crippen LogP contribution in [0.25, 0.3) is 0 Å². The quantitative estimate of drug-likeness (QED) is 0.662. The standard InChI is InChI=1S/C14H16BrFN2O2/c1-2-9-8-18(7-6-12(9)17-20)14(19)13-10(15)4-3-5-11(13)16/h3-5,9,20H,2,6-8H2,1H3/b17-12+. The van der Waals surface area contributed by atoms with Gasteiger partial charge in [-0.1, -0.05) is 18.1 Å². The van der Waals surface area contributed by atoms with Crippen molar-refractivity contribution >= 4 is 27.5 Å². The van der Waals surface area contributed by atoms with E-state index in [-0.39, 0.29) is 17.4 Å². The largest absolute Gasteiger partial charge is 0.411 e. The van der Waals surface area contributed by atoms with Crippen LogP contribution in [0.3, 0.4) is 0 Å². The number of benzene rings is 1. The lowest BCUT2D eigenvalue weighted by Gasteiger charge is -2.33. The van der Waals surface area contributed by atoms with Gasteiger partial charge in [0.2, 0.25) is 0 Å². The first kappa shape index (κ1) is 15.0. The van der Waals surface area contributed by atoms with Crippen LogP contribution in [-0.4, -0.2) is 34.8 Å². The lowest BCUT2D eigenvalue weighted by Crippen LogP contribution is -2.44. The monoisotopic (exact) mass is 342 g/mol. The molecule has 0 aromatic heterocycles. The van der Waals surface area contributed by atoms with Crippen LogP contribution in [-0.2, 0) is 0 Å². The molecule has 1 aromatic carbocycles. The molecule has 0 spiro atoms. The fraction of sp³-hybridized carbons (Fsp3) is 0.429. The van der Waals surface area contributed by atoms with Gasteiger partial charge in [0.05, 0.1) is 11.3 Å². The zero-order valence-corrected chi connectivity index (χ0v) is 12.7. The number of rotatable bonds is 2. The summed E-state index contributed by atoms with van der Waals surface area (Å²) in [5.74, 6) is -0.826. The number of piperidine rings is 1. The molecule has 1 N–H and O–H groups in total. The van der Waals surface area contributed by atoms with E-state index in [9.17, 15) is 9.18 Å². The molecule has 4 nitrogen and oxygen atoms in total. The molecule has 2 rings (SSSR count). The van der Waals surface area contributed by atoms with Crippen molar-refractivity contribution in [2.45, 2.75) is 19.8 Å². The molecule has 0 bridgehead atoms. The van der Waals surface area contributed by atoms with Gasteiger partial charge in [-0.2, -0.15) is 0 Å². The van der Waals surface area contributed by atoms with Gasteiger partial charge in [0, 0.05) is 29.9 Å². The first-order valence-corrected chi connectivity index (χ1v) is 7.31. The molecule has 1 heterocycles. The smallest absolute Gasteiger partial charge is 0.258 e. The number of hydrogen-bond donors (Lipinski definition) is 1. The predicted molar refractivity (Wildman–Crippen MR) is 77.6 cm³/mol. The number of likely N-dealkylation sites (tertiary alicyclic amines) is 1. The zero-order chi connectivity index (χ0) is 14.7. The number of oxime groups is 1. The molecule has 1 unspecified atom stereocenters. The van der Waals surface area contributed by atoms with Crippen LogP contribution in [0, 0.1) is 11.7 Å². The van der Waals surface area contributed by atoms with Gasteiger partial charge in [0.25, 0.3) is 5.91 Å². The summed E-state index contributed by atoms with van der Waals surface area (Å²) in [4.78, 5) is 14.1. The summed E-state index contributed by atoms with van der Waals surface area (Å²) in [7, 11) is 0. The van der Waals surface area contributed by atoms with Crippen LogP contribution in [0.2, 0.25) is 0 Å². The molecule has 1 fully saturated rings.